The molecule has 1 heterocycles. The Morgan fingerprint density at radius 1 is 1.43 bits per heavy atom. The van der Waals surface area contributed by atoms with Crippen LogP contribution in [0.1, 0.15) is 24.5 Å². The highest BCUT2D eigenvalue weighted by atomic mass is 35.5. The van der Waals surface area contributed by atoms with E-state index in [2.05, 4.69) is 15.6 Å². The maximum Gasteiger partial charge on any atom is 0.220 e. The van der Waals surface area contributed by atoms with Gasteiger partial charge in [-0.3, -0.25) is 9.48 Å². The minimum Gasteiger partial charge on any atom is -0.387 e. The minimum absolute atomic E-state index is 0.110. The third-order valence-corrected chi connectivity index (χ3v) is 3.36. The lowest BCUT2D eigenvalue weighted by Crippen LogP contribution is -2.28. The van der Waals surface area contributed by atoms with E-state index in [1.165, 1.54) is 0 Å². The second kappa shape index (κ2) is 7.75. The molecule has 0 fully saturated rings. The van der Waals surface area contributed by atoms with E-state index in [-0.39, 0.29) is 12.5 Å². The summed E-state index contributed by atoms with van der Waals surface area (Å²) >= 11 is 5.99. The van der Waals surface area contributed by atoms with Crippen molar-refractivity contribution < 1.29 is 9.90 Å². The van der Waals surface area contributed by atoms with Crippen LogP contribution in [0.5, 0.6) is 0 Å². The highest BCUT2D eigenvalue weighted by Crippen LogP contribution is 2.21. The molecule has 7 heteroatoms. The summed E-state index contributed by atoms with van der Waals surface area (Å²) in [7, 11) is 0. The monoisotopic (exact) mass is 308 g/mol. The number of aromatic nitrogens is 3. The summed E-state index contributed by atoms with van der Waals surface area (Å²) in [5.41, 5.74) is 0.613. The lowest BCUT2D eigenvalue weighted by Gasteiger charge is -2.13. The Morgan fingerprint density at radius 3 is 2.95 bits per heavy atom. The molecule has 0 bridgehead atoms. The number of hydrogen-bond acceptors (Lipinski definition) is 4. The highest BCUT2D eigenvalue weighted by Gasteiger charge is 2.12. The zero-order chi connectivity index (χ0) is 15.1. The fraction of sp³-hybridized carbons (Fsp3) is 0.357. The molecular weight excluding hydrogens is 292 g/mol. The predicted octanol–water partition coefficient (Wildman–Crippen LogP) is 1.56. The van der Waals surface area contributed by atoms with Crippen molar-refractivity contribution >= 4 is 17.5 Å². The van der Waals surface area contributed by atoms with E-state index in [4.69, 9.17) is 11.6 Å². The lowest BCUT2D eigenvalue weighted by molar-refractivity contribution is -0.121. The second-order valence-corrected chi connectivity index (χ2v) is 5.02. The summed E-state index contributed by atoms with van der Waals surface area (Å²) in [6.07, 6.45) is 3.57. The number of halogens is 1. The van der Waals surface area contributed by atoms with Gasteiger partial charge in [0.2, 0.25) is 5.91 Å². The zero-order valence-electron chi connectivity index (χ0n) is 11.4. The molecule has 2 aromatic rings. The van der Waals surface area contributed by atoms with Gasteiger partial charge in [0.1, 0.15) is 0 Å². The number of carbonyl (C=O) groups is 1. The van der Waals surface area contributed by atoms with E-state index in [0.717, 1.165) is 0 Å². The number of aliphatic hydroxyl groups is 1. The highest BCUT2D eigenvalue weighted by molar-refractivity contribution is 6.31. The van der Waals surface area contributed by atoms with Crippen molar-refractivity contribution in [2.45, 2.75) is 25.5 Å². The summed E-state index contributed by atoms with van der Waals surface area (Å²) in [4.78, 5) is 11.7. The summed E-state index contributed by atoms with van der Waals surface area (Å²) in [5, 5.41) is 20.7. The van der Waals surface area contributed by atoms with Crippen LogP contribution in [-0.2, 0) is 11.3 Å². The Kier molecular flexibility index (Phi) is 5.71. The van der Waals surface area contributed by atoms with Crippen LogP contribution in [0.3, 0.4) is 0 Å². The van der Waals surface area contributed by atoms with E-state index >= 15 is 0 Å². The molecule has 0 aliphatic carbocycles. The third kappa shape index (κ3) is 4.84. The first-order valence-corrected chi connectivity index (χ1v) is 7.08. The van der Waals surface area contributed by atoms with E-state index in [0.29, 0.717) is 30.0 Å². The molecule has 1 unspecified atom stereocenters. The van der Waals surface area contributed by atoms with Gasteiger partial charge in [0.05, 0.1) is 12.3 Å². The minimum atomic E-state index is -0.807. The molecule has 2 N–H and O–H groups in total. The number of nitrogens with one attached hydrogen (secondary N) is 1. The lowest BCUT2D eigenvalue weighted by atomic mass is 10.1. The zero-order valence-corrected chi connectivity index (χ0v) is 12.2. The van der Waals surface area contributed by atoms with Crippen LogP contribution in [0, 0.1) is 0 Å². The third-order valence-electron chi connectivity index (χ3n) is 3.02. The van der Waals surface area contributed by atoms with Crippen LogP contribution in [-0.4, -0.2) is 32.6 Å². The molecule has 0 aliphatic rings. The Balaban J connectivity index is 1.70. The topological polar surface area (TPSA) is 80.0 Å². The Bertz CT molecular complexity index is 574. The molecule has 112 valence electrons. The van der Waals surface area contributed by atoms with Gasteiger partial charge in [-0.15, -0.1) is 5.10 Å². The summed E-state index contributed by atoms with van der Waals surface area (Å²) in [5.74, 6) is -0.110. The molecule has 0 saturated carbocycles. The molecule has 0 radical (unpaired) electrons. The summed E-state index contributed by atoms with van der Waals surface area (Å²) in [6, 6.07) is 7.04. The summed E-state index contributed by atoms with van der Waals surface area (Å²) < 4.78 is 1.67. The van der Waals surface area contributed by atoms with Gasteiger partial charge in [-0.05, 0) is 12.5 Å². The quantitative estimate of drug-likeness (QED) is 0.813. The van der Waals surface area contributed by atoms with E-state index in [9.17, 15) is 9.90 Å². The average molecular weight is 309 g/mol. The van der Waals surface area contributed by atoms with Crippen LogP contribution in [0.15, 0.2) is 36.7 Å². The number of aliphatic hydroxyl groups excluding tert-OH is 1. The van der Waals surface area contributed by atoms with Gasteiger partial charge in [-0.2, -0.15) is 0 Å². The van der Waals surface area contributed by atoms with Gasteiger partial charge in [0.25, 0.3) is 0 Å². The van der Waals surface area contributed by atoms with E-state index in [1.54, 1.807) is 41.3 Å². The van der Waals surface area contributed by atoms with Crippen LogP contribution in [0.2, 0.25) is 5.02 Å². The molecular formula is C14H17ClN4O2. The van der Waals surface area contributed by atoms with Gasteiger partial charge < -0.3 is 10.4 Å². The van der Waals surface area contributed by atoms with Gasteiger partial charge >= 0.3 is 0 Å². The van der Waals surface area contributed by atoms with Crippen molar-refractivity contribution in [2.75, 3.05) is 6.54 Å². The van der Waals surface area contributed by atoms with Crippen molar-refractivity contribution in [3.05, 3.63) is 47.2 Å². The standard InChI is InChI=1S/C14H17ClN4O2/c15-12-5-2-1-4-11(12)13(20)10-16-14(21)6-3-8-19-9-7-17-18-19/h1-2,4-5,7,9,13,20H,3,6,8,10H2,(H,16,21). The molecule has 1 amide bonds. The number of carbonyl (C=O) groups excluding carboxylic acids is 1. The van der Waals surface area contributed by atoms with Crippen molar-refractivity contribution in [1.29, 1.82) is 0 Å². The number of amides is 1. The van der Waals surface area contributed by atoms with E-state index < -0.39 is 6.10 Å². The first kappa shape index (κ1) is 15.5. The summed E-state index contributed by atoms with van der Waals surface area (Å²) in [6.45, 7) is 0.784. The van der Waals surface area contributed by atoms with Gasteiger partial charge in [-0.25, -0.2) is 0 Å². The maximum absolute atomic E-state index is 11.7. The molecule has 2 rings (SSSR count). The molecule has 21 heavy (non-hydrogen) atoms. The second-order valence-electron chi connectivity index (χ2n) is 4.61. The predicted molar refractivity (Wildman–Crippen MR) is 78.7 cm³/mol. The fourth-order valence-corrected chi connectivity index (χ4v) is 2.17. The SMILES string of the molecule is O=C(CCCn1ccnn1)NCC(O)c1ccccc1Cl. The number of aryl methyl sites for hydroxylation is 1. The molecule has 1 aromatic heterocycles. The number of benzene rings is 1. The first-order valence-electron chi connectivity index (χ1n) is 6.70. The van der Waals surface area contributed by atoms with Crippen LogP contribution in [0.25, 0.3) is 0 Å². The normalized spacial score (nSPS) is 12.1. The fourth-order valence-electron chi connectivity index (χ4n) is 1.91. The number of rotatable bonds is 7. The molecule has 6 nitrogen and oxygen atoms in total. The molecule has 0 saturated heterocycles. The smallest absolute Gasteiger partial charge is 0.220 e. The largest absolute Gasteiger partial charge is 0.387 e. The Hall–Kier alpha value is -1.92. The molecule has 0 spiro atoms. The Morgan fingerprint density at radius 2 is 2.24 bits per heavy atom. The van der Waals surface area contributed by atoms with Crippen LogP contribution in [0.4, 0.5) is 0 Å². The molecule has 1 aromatic carbocycles. The number of hydrogen-bond donors (Lipinski definition) is 2. The van der Waals surface area contributed by atoms with Gasteiger partial charge in [0.15, 0.2) is 0 Å². The van der Waals surface area contributed by atoms with Crippen molar-refractivity contribution in [1.82, 2.24) is 20.3 Å². The van der Waals surface area contributed by atoms with Gasteiger partial charge in [-0.1, -0.05) is 35.0 Å². The van der Waals surface area contributed by atoms with Crippen LogP contribution >= 0.6 is 11.6 Å². The van der Waals surface area contributed by atoms with Crippen molar-refractivity contribution in [3.8, 4) is 0 Å². The molecule has 0 aliphatic heterocycles. The number of nitrogens with zero attached hydrogens (tertiary/aromatic N) is 3. The van der Waals surface area contributed by atoms with Crippen molar-refractivity contribution in [2.24, 2.45) is 0 Å². The average Bonchev–Trinajstić information content (AvgIpc) is 2.98. The van der Waals surface area contributed by atoms with Crippen molar-refractivity contribution in [3.63, 3.8) is 0 Å². The van der Waals surface area contributed by atoms with Crippen LogP contribution < -0.4 is 5.32 Å². The molecule has 1 atom stereocenters. The maximum atomic E-state index is 11.7. The van der Waals surface area contributed by atoms with Gasteiger partial charge in [0, 0.05) is 36.3 Å². The first-order chi connectivity index (χ1) is 10.2. The van der Waals surface area contributed by atoms with E-state index in [1.807, 2.05) is 0 Å². The Labute approximate surface area is 127 Å².